The Balaban J connectivity index is 1.96. The fraction of sp³-hybridized carbons (Fsp3) is 0.455. The van der Waals surface area contributed by atoms with E-state index in [0.29, 0.717) is 6.54 Å². The van der Waals surface area contributed by atoms with Gasteiger partial charge in [0.05, 0.1) is 7.11 Å². The lowest BCUT2D eigenvalue weighted by Gasteiger charge is -2.32. The van der Waals surface area contributed by atoms with Gasteiger partial charge in [0.1, 0.15) is 11.9 Å². The number of benzene rings is 1. The largest absolute Gasteiger partial charge is 0.497 e. The van der Waals surface area contributed by atoms with Gasteiger partial charge < -0.3 is 10.1 Å². The summed E-state index contributed by atoms with van der Waals surface area (Å²) in [6.07, 6.45) is 0.0719. The van der Waals surface area contributed by atoms with Crippen LogP contribution in [0.4, 0.5) is 4.39 Å². The lowest BCUT2D eigenvalue weighted by molar-refractivity contribution is 0.158. The number of halogens is 1. The summed E-state index contributed by atoms with van der Waals surface area (Å²) in [5.41, 5.74) is 1.14. The fourth-order valence-electron chi connectivity index (χ4n) is 1.59. The first-order valence-corrected chi connectivity index (χ1v) is 4.80. The van der Waals surface area contributed by atoms with Crippen molar-refractivity contribution in [3.63, 3.8) is 0 Å². The van der Waals surface area contributed by atoms with Crippen molar-refractivity contribution >= 4 is 0 Å². The molecule has 1 aromatic rings. The van der Waals surface area contributed by atoms with Gasteiger partial charge in [0.15, 0.2) is 0 Å². The second kappa shape index (κ2) is 3.96. The number of methoxy groups -OCH3 is 1. The molecule has 3 heteroatoms. The van der Waals surface area contributed by atoms with E-state index in [4.69, 9.17) is 4.74 Å². The Labute approximate surface area is 83.1 Å². The van der Waals surface area contributed by atoms with E-state index in [9.17, 15) is 4.39 Å². The molecule has 0 aromatic heterocycles. The van der Waals surface area contributed by atoms with E-state index in [1.54, 1.807) is 7.11 Å². The molecule has 0 saturated carbocycles. The zero-order valence-corrected chi connectivity index (χ0v) is 8.16. The van der Waals surface area contributed by atoms with Crippen molar-refractivity contribution in [1.29, 1.82) is 0 Å². The summed E-state index contributed by atoms with van der Waals surface area (Å²) >= 11 is 0. The third-order valence-corrected chi connectivity index (χ3v) is 2.63. The minimum absolute atomic E-state index is 0.00314. The van der Waals surface area contributed by atoms with Gasteiger partial charge in [-0.3, -0.25) is 0 Å². The first-order valence-electron chi connectivity index (χ1n) is 4.80. The van der Waals surface area contributed by atoms with Crippen molar-refractivity contribution in [2.75, 3.05) is 13.7 Å². The first kappa shape index (κ1) is 9.46. The van der Waals surface area contributed by atoms with E-state index >= 15 is 0 Å². The minimum Gasteiger partial charge on any atom is -0.497 e. The zero-order valence-electron chi connectivity index (χ0n) is 8.16. The van der Waals surface area contributed by atoms with Gasteiger partial charge in [0.25, 0.3) is 0 Å². The quantitative estimate of drug-likeness (QED) is 0.790. The Morgan fingerprint density at radius 2 is 2.14 bits per heavy atom. The van der Waals surface area contributed by atoms with E-state index in [1.165, 1.54) is 0 Å². The maximum Gasteiger partial charge on any atom is 0.128 e. The van der Waals surface area contributed by atoms with E-state index in [2.05, 4.69) is 5.32 Å². The Hall–Kier alpha value is -1.09. The molecular formula is C11H14FNO. The van der Waals surface area contributed by atoms with Crippen LogP contribution in [-0.2, 0) is 6.42 Å². The molecule has 1 fully saturated rings. The van der Waals surface area contributed by atoms with Crippen molar-refractivity contribution in [2.24, 2.45) is 0 Å². The van der Waals surface area contributed by atoms with Gasteiger partial charge in [-0.25, -0.2) is 4.39 Å². The van der Waals surface area contributed by atoms with Crippen molar-refractivity contribution in [3.05, 3.63) is 29.8 Å². The predicted octanol–water partition coefficient (Wildman–Crippen LogP) is 1.55. The SMILES string of the molecule is COc1ccc(C[C@@H]2NC[C@H]2F)cc1. The molecule has 1 aliphatic heterocycles. The predicted molar refractivity (Wildman–Crippen MR) is 53.4 cm³/mol. The average molecular weight is 195 g/mol. The Kier molecular flexibility index (Phi) is 2.68. The van der Waals surface area contributed by atoms with Crippen LogP contribution in [0.1, 0.15) is 5.56 Å². The van der Waals surface area contributed by atoms with Crippen LogP contribution in [0.2, 0.25) is 0 Å². The fourth-order valence-corrected chi connectivity index (χ4v) is 1.59. The lowest BCUT2D eigenvalue weighted by Crippen LogP contribution is -2.55. The Morgan fingerprint density at radius 1 is 1.43 bits per heavy atom. The highest BCUT2D eigenvalue weighted by atomic mass is 19.1. The Bertz CT molecular complexity index is 299. The van der Waals surface area contributed by atoms with Crippen LogP contribution < -0.4 is 10.1 Å². The molecule has 1 N–H and O–H groups in total. The summed E-state index contributed by atoms with van der Waals surface area (Å²) in [5.74, 6) is 0.840. The van der Waals surface area contributed by atoms with Crippen LogP contribution in [0.3, 0.4) is 0 Å². The van der Waals surface area contributed by atoms with Crippen molar-refractivity contribution in [2.45, 2.75) is 18.6 Å². The summed E-state index contributed by atoms with van der Waals surface area (Å²) in [6, 6.07) is 7.77. The van der Waals surface area contributed by atoms with Crippen LogP contribution in [0.5, 0.6) is 5.75 Å². The normalized spacial score (nSPS) is 25.6. The topological polar surface area (TPSA) is 21.3 Å². The third kappa shape index (κ3) is 1.87. The molecule has 76 valence electrons. The molecule has 0 bridgehead atoms. The number of rotatable bonds is 3. The van der Waals surface area contributed by atoms with Crippen molar-refractivity contribution in [1.82, 2.24) is 5.32 Å². The first-order chi connectivity index (χ1) is 6.79. The number of nitrogens with one attached hydrogen (secondary N) is 1. The Morgan fingerprint density at radius 3 is 2.57 bits per heavy atom. The molecule has 0 amide bonds. The summed E-state index contributed by atoms with van der Waals surface area (Å²) in [5, 5.41) is 3.07. The molecule has 2 nitrogen and oxygen atoms in total. The van der Waals surface area contributed by atoms with E-state index in [-0.39, 0.29) is 6.04 Å². The van der Waals surface area contributed by atoms with E-state index in [1.807, 2.05) is 24.3 Å². The number of ether oxygens (including phenoxy) is 1. The van der Waals surface area contributed by atoms with Crippen LogP contribution in [-0.4, -0.2) is 25.9 Å². The molecule has 1 heterocycles. The summed E-state index contributed by atoms with van der Waals surface area (Å²) in [4.78, 5) is 0. The maximum atomic E-state index is 12.9. The molecule has 1 aromatic carbocycles. The van der Waals surface area contributed by atoms with E-state index < -0.39 is 6.17 Å². The summed E-state index contributed by atoms with van der Waals surface area (Å²) in [7, 11) is 1.64. The van der Waals surface area contributed by atoms with Crippen LogP contribution in [0.15, 0.2) is 24.3 Å². The summed E-state index contributed by atoms with van der Waals surface area (Å²) < 4.78 is 18.0. The highest BCUT2D eigenvalue weighted by Crippen LogP contribution is 2.17. The lowest BCUT2D eigenvalue weighted by atomic mass is 9.96. The average Bonchev–Trinajstić information content (AvgIpc) is 2.24. The molecule has 0 unspecified atom stereocenters. The second-order valence-corrected chi connectivity index (χ2v) is 3.58. The molecule has 14 heavy (non-hydrogen) atoms. The maximum absolute atomic E-state index is 12.9. The van der Waals surface area contributed by atoms with Crippen molar-refractivity contribution < 1.29 is 9.13 Å². The molecule has 1 aliphatic rings. The van der Waals surface area contributed by atoms with Gasteiger partial charge in [0, 0.05) is 12.6 Å². The second-order valence-electron chi connectivity index (χ2n) is 3.58. The van der Waals surface area contributed by atoms with Crippen LogP contribution in [0.25, 0.3) is 0 Å². The molecule has 1 saturated heterocycles. The smallest absolute Gasteiger partial charge is 0.128 e. The van der Waals surface area contributed by atoms with Gasteiger partial charge in [-0.2, -0.15) is 0 Å². The van der Waals surface area contributed by atoms with Crippen LogP contribution in [0, 0.1) is 0 Å². The molecule has 0 spiro atoms. The minimum atomic E-state index is -0.683. The highest BCUT2D eigenvalue weighted by Gasteiger charge is 2.29. The van der Waals surface area contributed by atoms with Gasteiger partial charge in [0.2, 0.25) is 0 Å². The van der Waals surface area contributed by atoms with Gasteiger partial charge in [-0.1, -0.05) is 12.1 Å². The van der Waals surface area contributed by atoms with Gasteiger partial charge in [-0.05, 0) is 24.1 Å². The molecule has 0 radical (unpaired) electrons. The van der Waals surface area contributed by atoms with E-state index in [0.717, 1.165) is 17.7 Å². The molecule has 2 atom stereocenters. The standard InChI is InChI=1S/C11H14FNO/c1-14-9-4-2-8(3-5-9)6-11-10(12)7-13-11/h2-5,10-11,13H,6-7H2,1H3/t10-,11+/m1/s1. The highest BCUT2D eigenvalue weighted by molar-refractivity contribution is 5.28. The van der Waals surface area contributed by atoms with Crippen LogP contribution >= 0.6 is 0 Å². The molecule has 2 rings (SSSR count). The number of hydrogen-bond donors (Lipinski definition) is 1. The zero-order chi connectivity index (χ0) is 9.97. The van der Waals surface area contributed by atoms with Gasteiger partial charge >= 0.3 is 0 Å². The molecular weight excluding hydrogens is 181 g/mol. The van der Waals surface area contributed by atoms with Crippen molar-refractivity contribution in [3.8, 4) is 5.75 Å². The van der Waals surface area contributed by atoms with Gasteiger partial charge in [-0.15, -0.1) is 0 Å². The monoisotopic (exact) mass is 195 g/mol. The molecule has 0 aliphatic carbocycles. The summed E-state index contributed by atoms with van der Waals surface area (Å²) in [6.45, 7) is 0.501. The number of alkyl halides is 1. The number of hydrogen-bond acceptors (Lipinski definition) is 2. The third-order valence-electron chi connectivity index (χ3n) is 2.63.